The van der Waals surface area contributed by atoms with Gasteiger partial charge < -0.3 is 20.0 Å². The lowest BCUT2D eigenvalue weighted by Gasteiger charge is -2.14. The number of phenolic OH excluding ortho intramolecular Hbond substituents is 1. The number of hydrogen-bond donors (Lipinski definition) is 4. The zero-order valence-corrected chi connectivity index (χ0v) is 13.0. The van der Waals surface area contributed by atoms with Crippen LogP contribution in [-0.2, 0) is 15.8 Å². The van der Waals surface area contributed by atoms with Crippen LogP contribution in [0.2, 0.25) is 0 Å². The summed E-state index contributed by atoms with van der Waals surface area (Å²) >= 11 is 0. The van der Waals surface area contributed by atoms with Crippen molar-refractivity contribution in [1.82, 2.24) is 0 Å². The quantitative estimate of drug-likeness (QED) is 0.610. The van der Waals surface area contributed by atoms with Crippen LogP contribution >= 0.6 is 7.75 Å². The zero-order valence-electron chi connectivity index (χ0n) is 12.1. The predicted octanol–water partition coefficient (Wildman–Crippen LogP) is 2.20. The van der Waals surface area contributed by atoms with E-state index in [4.69, 9.17) is 9.79 Å². The number of hydrogen-bond acceptors (Lipinski definition) is 4. The smallest absolute Gasteiger partial charge is 0.448 e. The number of benzene rings is 1. The second kappa shape index (κ2) is 6.91. The zero-order chi connectivity index (χ0) is 17.0. The maximum Gasteiger partial charge on any atom is 0.448 e. The third kappa shape index (κ3) is 5.17. The van der Waals surface area contributed by atoms with Crippen LogP contribution in [0.5, 0.6) is 5.75 Å². The van der Waals surface area contributed by atoms with Gasteiger partial charge in [0.25, 0.3) is 0 Å². The minimum atomic E-state index is -4.69. The molecule has 1 aliphatic carbocycles. The van der Waals surface area contributed by atoms with Crippen molar-refractivity contribution in [3.8, 4) is 5.75 Å². The SMILES string of the molecule is O=C(CCc1ccc(O)cc1)C1=CC=C(O)CC1=NP(=O)(O)O. The molecule has 0 fully saturated rings. The number of ketones is 1. The van der Waals surface area contributed by atoms with E-state index in [-0.39, 0.29) is 41.4 Å². The number of aryl methyl sites for hydroxylation is 1. The number of Topliss-reactive ketones (excluding diaryl/α,β-unsaturated/α-hetero) is 1. The van der Waals surface area contributed by atoms with Crippen molar-refractivity contribution in [3.63, 3.8) is 0 Å². The summed E-state index contributed by atoms with van der Waals surface area (Å²) in [6.07, 6.45) is 2.96. The molecule has 7 nitrogen and oxygen atoms in total. The highest BCUT2D eigenvalue weighted by molar-refractivity contribution is 7.50. The molecular formula is C15H16NO6P. The first kappa shape index (κ1) is 17.1. The molecule has 0 heterocycles. The Morgan fingerprint density at radius 1 is 1.13 bits per heavy atom. The van der Waals surface area contributed by atoms with Crippen molar-refractivity contribution in [3.05, 3.63) is 53.3 Å². The van der Waals surface area contributed by atoms with Crippen molar-refractivity contribution >= 4 is 19.2 Å². The molecule has 1 aliphatic rings. The Morgan fingerprint density at radius 2 is 1.78 bits per heavy atom. The summed E-state index contributed by atoms with van der Waals surface area (Å²) in [5.41, 5.74) is 0.818. The molecule has 0 atom stereocenters. The minimum absolute atomic E-state index is 0.0879. The number of aliphatic hydroxyl groups excluding tert-OH is 1. The van der Waals surface area contributed by atoms with Crippen LogP contribution in [0.4, 0.5) is 0 Å². The van der Waals surface area contributed by atoms with Crippen LogP contribution in [0.3, 0.4) is 0 Å². The number of aliphatic hydroxyl groups is 1. The first-order chi connectivity index (χ1) is 10.7. The summed E-state index contributed by atoms with van der Waals surface area (Å²) < 4.78 is 14.3. The van der Waals surface area contributed by atoms with Gasteiger partial charge in [-0.3, -0.25) is 4.79 Å². The highest BCUT2D eigenvalue weighted by atomic mass is 31.2. The number of aromatic hydroxyl groups is 1. The monoisotopic (exact) mass is 337 g/mol. The van der Waals surface area contributed by atoms with Crippen LogP contribution in [0.1, 0.15) is 18.4 Å². The summed E-state index contributed by atoms with van der Waals surface area (Å²) in [4.78, 5) is 30.2. The van der Waals surface area contributed by atoms with E-state index in [9.17, 15) is 19.6 Å². The number of carbonyl (C=O) groups is 1. The molecule has 0 aromatic heterocycles. The Balaban J connectivity index is 2.14. The Hall–Kier alpha value is -2.21. The number of phenols is 1. The van der Waals surface area contributed by atoms with Crippen molar-refractivity contribution in [1.29, 1.82) is 0 Å². The second-order valence-corrected chi connectivity index (χ2v) is 6.29. The van der Waals surface area contributed by atoms with Gasteiger partial charge in [-0.05, 0) is 36.3 Å². The summed E-state index contributed by atoms with van der Waals surface area (Å²) in [7, 11) is -4.69. The lowest BCUT2D eigenvalue weighted by molar-refractivity contribution is -0.115. The van der Waals surface area contributed by atoms with Crippen LogP contribution < -0.4 is 0 Å². The van der Waals surface area contributed by atoms with Crippen molar-refractivity contribution in [2.24, 2.45) is 4.76 Å². The molecule has 1 aromatic rings. The van der Waals surface area contributed by atoms with E-state index in [1.165, 1.54) is 24.3 Å². The maximum atomic E-state index is 12.3. The first-order valence-electron chi connectivity index (χ1n) is 6.80. The molecule has 122 valence electrons. The lowest BCUT2D eigenvalue weighted by atomic mass is 9.94. The van der Waals surface area contributed by atoms with E-state index in [1.807, 2.05) is 0 Å². The summed E-state index contributed by atoms with van der Waals surface area (Å²) in [5, 5.41) is 18.7. The minimum Gasteiger partial charge on any atom is -0.512 e. The number of nitrogens with zero attached hydrogens (tertiary/aromatic N) is 1. The van der Waals surface area contributed by atoms with Gasteiger partial charge in [-0.1, -0.05) is 12.1 Å². The van der Waals surface area contributed by atoms with E-state index >= 15 is 0 Å². The standard InChI is InChI=1S/C15H16NO6P/c17-11-4-1-10(2-5-11)3-8-15(19)13-7-6-12(18)9-14(13)16-23(20,21)22/h1-2,4-7,17-18H,3,8-9H2,(H2,20,21,22). The molecule has 2 rings (SSSR count). The van der Waals surface area contributed by atoms with E-state index in [2.05, 4.69) is 4.76 Å². The third-order valence-electron chi connectivity index (χ3n) is 3.23. The number of allylic oxidation sites excluding steroid dienone is 4. The van der Waals surface area contributed by atoms with Crippen LogP contribution in [-0.4, -0.2) is 31.5 Å². The van der Waals surface area contributed by atoms with Crippen molar-refractivity contribution in [2.75, 3.05) is 0 Å². The average molecular weight is 337 g/mol. The Morgan fingerprint density at radius 3 is 2.39 bits per heavy atom. The van der Waals surface area contributed by atoms with Gasteiger partial charge in [-0.15, -0.1) is 0 Å². The third-order valence-corrected chi connectivity index (χ3v) is 3.73. The van der Waals surface area contributed by atoms with E-state index < -0.39 is 7.75 Å². The fraction of sp³-hybridized carbons (Fsp3) is 0.200. The van der Waals surface area contributed by atoms with Gasteiger partial charge in [0.1, 0.15) is 5.75 Å². The maximum absolute atomic E-state index is 12.3. The fourth-order valence-corrected chi connectivity index (χ4v) is 2.65. The molecule has 0 radical (unpaired) electrons. The predicted molar refractivity (Wildman–Crippen MR) is 84.3 cm³/mol. The van der Waals surface area contributed by atoms with Crippen molar-refractivity contribution < 1.29 is 29.4 Å². The van der Waals surface area contributed by atoms with E-state index in [1.54, 1.807) is 12.1 Å². The lowest BCUT2D eigenvalue weighted by Crippen LogP contribution is -2.17. The molecule has 8 heteroatoms. The van der Waals surface area contributed by atoms with Gasteiger partial charge in [0.2, 0.25) is 0 Å². The van der Waals surface area contributed by atoms with Gasteiger partial charge in [0, 0.05) is 18.4 Å². The van der Waals surface area contributed by atoms with E-state index in [0.717, 1.165) is 5.56 Å². The Labute approximate surface area is 132 Å². The molecule has 0 aliphatic heterocycles. The van der Waals surface area contributed by atoms with Crippen LogP contribution in [0.25, 0.3) is 0 Å². The highest BCUT2D eigenvalue weighted by Gasteiger charge is 2.23. The van der Waals surface area contributed by atoms with Gasteiger partial charge >= 0.3 is 7.75 Å². The normalized spacial score (nSPS) is 16.9. The number of carbonyl (C=O) groups excluding carboxylic acids is 1. The average Bonchev–Trinajstić information content (AvgIpc) is 2.45. The van der Waals surface area contributed by atoms with Gasteiger partial charge in [-0.2, -0.15) is 4.76 Å². The molecule has 0 bridgehead atoms. The fourth-order valence-electron chi connectivity index (χ4n) is 2.16. The van der Waals surface area contributed by atoms with Crippen LogP contribution in [0.15, 0.2) is 52.5 Å². The highest BCUT2D eigenvalue weighted by Crippen LogP contribution is 2.38. The molecule has 0 spiro atoms. The molecule has 4 N–H and O–H groups in total. The summed E-state index contributed by atoms with van der Waals surface area (Å²) in [6, 6.07) is 6.41. The van der Waals surface area contributed by atoms with Gasteiger partial charge in [-0.25, -0.2) is 4.57 Å². The Kier molecular flexibility index (Phi) is 5.15. The molecule has 0 amide bonds. The molecule has 0 unspecified atom stereocenters. The Bertz CT molecular complexity index is 742. The summed E-state index contributed by atoms with van der Waals surface area (Å²) in [6.45, 7) is 0. The molecular weight excluding hydrogens is 321 g/mol. The number of rotatable bonds is 5. The largest absolute Gasteiger partial charge is 0.512 e. The van der Waals surface area contributed by atoms with Gasteiger partial charge in [0.15, 0.2) is 5.78 Å². The first-order valence-corrected chi connectivity index (χ1v) is 8.37. The van der Waals surface area contributed by atoms with E-state index in [0.29, 0.717) is 6.42 Å². The van der Waals surface area contributed by atoms with Crippen LogP contribution in [0, 0.1) is 0 Å². The molecule has 0 saturated heterocycles. The molecule has 0 saturated carbocycles. The summed E-state index contributed by atoms with van der Waals surface area (Å²) in [5.74, 6) is -0.312. The topological polar surface area (TPSA) is 127 Å². The molecule has 23 heavy (non-hydrogen) atoms. The second-order valence-electron chi connectivity index (χ2n) is 5.06. The molecule has 1 aromatic carbocycles. The van der Waals surface area contributed by atoms with Crippen molar-refractivity contribution in [2.45, 2.75) is 19.3 Å². The van der Waals surface area contributed by atoms with Gasteiger partial charge in [0.05, 0.1) is 11.5 Å².